The number of aliphatic carboxylic acids is 1. The summed E-state index contributed by atoms with van der Waals surface area (Å²) in [6, 6.07) is 0. The fourth-order valence-corrected chi connectivity index (χ4v) is 8.66. The zero-order chi connectivity index (χ0) is 35.3. The molecule has 0 aliphatic heterocycles. The molecule has 10 heteroatoms. The Kier molecular flexibility index (Phi) is 18.1. The molecule has 0 heterocycles. The average molecular weight is 701 g/mol. The van der Waals surface area contributed by atoms with Gasteiger partial charge in [0.05, 0.1) is 12.2 Å². The van der Waals surface area contributed by atoms with Crippen LogP contribution in [0.5, 0.6) is 0 Å². The number of thioether (sulfide) groups is 1. The van der Waals surface area contributed by atoms with Gasteiger partial charge in [-0.2, -0.15) is 0 Å². The van der Waals surface area contributed by atoms with Crippen molar-refractivity contribution in [2.75, 3.05) is 19.0 Å². The molecule has 0 unspecified atom stereocenters. The molecule has 268 valence electrons. The monoisotopic (exact) mass is 700 g/mol. The molecule has 1 rings (SSSR count). The first-order valence-corrected chi connectivity index (χ1v) is 24.3. The highest BCUT2D eigenvalue weighted by Crippen LogP contribution is 2.47. The molecule has 46 heavy (non-hydrogen) atoms. The number of esters is 1. The van der Waals surface area contributed by atoms with E-state index < -0.39 is 22.6 Å². The zero-order valence-corrected chi connectivity index (χ0v) is 34.4. The number of carboxylic acid groups (broad SMARTS) is 1. The molecule has 1 aliphatic carbocycles. The Bertz CT molecular complexity index is 1010. The molecule has 4 atom stereocenters. The van der Waals surface area contributed by atoms with Crippen LogP contribution < -0.4 is 0 Å². The first kappa shape index (κ1) is 43.1. The van der Waals surface area contributed by atoms with Gasteiger partial charge in [0.1, 0.15) is 12.4 Å². The lowest BCUT2D eigenvalue weighted by molar-refractivity contribution is -0.142. The molecular formula is C36H68O7SSi2. The molecule has 0 spiro atoms. The van der Waals surface area contributed by atoms with Crippen LogP contribution in [0.15, 0.2) is 22.8 Å². The Morgan fingerprint density at radius 1 is 1.00 bits per heavy atom. The highest BCUT2D eigenvalue weighted by Gasteiger charge is 2.45. The van der Waals surface area contributed by atoms with E-state index >= 15 is 0 Å². The van der Waals surface area contributed by atoms with Gasteiger partial charge in [0.25, 0.3) is 0 Å². The number of carbonyl (C=O) groups is 2. The van der Waals surface area contributed by atoms with E-state index in [2.05, 4.69) is 93.7 Å². The predicted octanol–water partition coefficient (Wildman–Crippen LogP) is 10.3. The summed E-state index contributed by atoms with van der Waals surface area (Å²) >= 11 is 1.68. The van der Waals surface area contributed by atoms with Crippen LogP contribution in [0.4, 0.5) is 0 Å². The smallest absolute Gasteiger partial charge is 0.329 e. The fraction of sp³-hybridized carbons (Fsp3) is 0.833. The lowest BCUT2D eigenvalue weighted by atomic mass is 9.96. The Hall–Kier alpha value is -0.916. The average Bonchev–Trinajstić information content (AvgIpc) is 3.20. The molecule has 0 fully saturated rings. The van der Waals surface area contributed by atoms with Gasteiger partial charge in [-0.15, -0.1) is 11.8 Å². The number of ether oxygens (including phenoxy) is 2. The number of hydrogen-bond donors (Lipinski definition) is 1. The molecule has 0 saturated carbocycles. The highest BCUT2D eigenvalue weighted by molar-refractivity contribution is 8.03. The summed E-state index contributed by atoms with van der Waals surface area (Å²) in [6.45, 7) is 29.4. The third-order valence-corrected chi connectivity index (χ3v) is 20.0. The largest absolute Gasteiger partial charge is 0.480 e. The van der Waals surface area contributed by atoms with Crippen LogP contribution in [-0.2, 0) is 27.9 Å². The van der Waals surface area contributed by atoms with Gasteiger partial charge in [-0.1, -0.05) is 93.7 Å². The summed E-state index contributed by atoms with van der Waals surface area (Å²) in [5.41, 5.74) is 0. The molecule has 0 amide bonds. The van der Waals surface area contributed by atoms with E-state index in [0.29, 0.717) is 37.5 Å². The molecule has 0 saturated heterocycles. The lowest BCUT2D eigenvalue weighted by Gasteiger charge is -2.40. The quantitative estimate of drug-likeness (QED) is 0.0548. The molecule has 7 nitrogen and oxygen atoms in total. The standard InChI is InChI=1S/C36H68O7SSi2/c1-14-16-19-27(3)24-28(42-45(10,11)35(4,5)6)20-21-29-30(43-46(12,13)36(7,8)9)25-31(41-33(39)18-15-2)34(29)44-23-17-22-40-26-32(37)38/h20-21,27-30H,14-19,22-26H2,1-13H3,(H,37,38)/b21-20+/t27-,28-,29+,30-/m1/s1. The first-order chi connectivity index (χ1) is 21.1. The molecule has 0 aromatic heterocycles. The van der Waals surface area contributed by atoms with Gasteiger partial charge >= 0.3 is 11.9 Å². The van der Waals surface area contributed by atoms with Gasteiger partial charge < -0.3 is 23.4 Å². The maximum atomic E-state index is 12.8. The highest BCUT2D eigenvalue weighted by atomic mass is 32.2. The van der Waals surface area contributed by atoms with E-state index in [1.165, 1.54) is 19.3 Å². The van der Waals surface area contributed by atoms with Gasteiger partial charge in [0.2, 0.25) is 0 Å². The van der Waals surface area contributed by atoms with Crippen LogP contribution in [0.25, 0.3) is 0 Å². The van der Waals surface area contributed by atoms with Gasteiger partial charge in [-0.25, -0.2) is 4.79 Å². The van der Waals surface area contributed by atoms with Crippen LogP contribution in [0.1, 0.15) is 114 Å². The van der Waals surface area contributed by atoms with Crippen molar-refractivity contribution < 1.29 is 33.0 Å². The normalized spacial score (nSPS) is 19.6. The van der Waals surface area contributed by atoms with Crippen LogP contribution >= 0.6 is 11.8 Å². The van der Waals surface area contributed by atoms with Crippen molar-refractivity contribution in [2.24, 2.45) is 11.8 Å². The summed E-state index contributed by atoms with van der Waals surface area (Å²) in [7, 11) is -4.20. The van der Waals surface area contributed by atoms with Crippen LogP contribution in [0, 0.1) is 11.8 Å². The molecule has 0 bridgehead atoms. The molecule has 1 N–H and O–H groups in total. The Balaban J connectivity index is 3.54. The van der Waals surface area contributed by atoms with Crippen LogP contribution in [-0.4, -0.2) is 64.9 Å². The summed E-state index contributed by atoms with van der Waals surface area (Å²) in [5, 5.41) is 9.05. The van der Waals surface area contributed by atoms with Crippen molar-refractivity contribution in [3.05, 3.63) is 22.8 Å². The van der Waals surface area contributed by atoms with Crippen molar-refractivity contribution in [1.29, 1.82) is 0 Å². The maximum absolute atomic E-state index is 12.8. The van der Waals surface area contributed by atoms with Crippen molar-refractivity contribution in [1.82, 2.24) is 0 Å². The fourth-order valence-electron chi connectivity index (χ4n) is 4.84. The third-order valence-electron chi connectivity index (χ3n) is 9.69. The first-order valence-electron chi connectivity index (χ1n) is 17.5. The molecule has 0 aromatic rings. The Morgan fingerprint density at radius 3 is 2.17 bits per heavy atom. The van der Waals surface area contributed by atoms with E-state index in [0.717, 1.165) is 23.5 Å². The molecule has 0 aromatic carbocycles. The Morgan fingerprint density at radius 2 is 1.63 bits per heavy atom. The minimum Gasteiger partial charge on any atom is -0.480 e. The topological polar surface area (TPSA) is 91.3 Å². The van der Waals surface area contributed by atoms with Crippen LogP contribution in [0.2, 0.25) is 36.3 Å². The molecule has 1 aliphatic rings. The lowest BCUT2D eigenvalue weighted by Crippen LogP contribution is -2.45. The van der Waals surface area contributed by atoms with Crippen molar-refractivity contribution in [3.8, 4) is 0 Å². The van der Waals surface area contributed by atoms with Gasteiger partial charge in [-0.3, -0.25) is 4.79 Å². The number of carbonyl (C=O) groups excluding carboxylic acids is 1. The summed E-state index contributed by atoms with van der Waals surface area (Å²) in [6.07, 6.45) is 11.3. The number of hydrogen-bond acceptors (Lipinski definition) is 7. The second-order valence-electron chi connectivity index (χ2n) is 16.1. The Labute approximate surface area is 288 Å². The SMILES string of the molecule is CCCC[C@@H](C)C[C@@H](/C=C/[C@@H]1C(SCCCOCC(=O)O)=C(OC(=O)CCC)C[C@H]1O[Si](C)(C)C(C)(C)C)O[Si](C)(C)C(C)(C)C. The van der Waals surface area contributed by atoms with E-state index in [-0.39, 0.29) is 40.8 Å². The number of rotatable bonds is 21. The minimum atomic E-state index is -2.16. The molecular weight excluding hydrogens is 633 g/mol. The third kappa shape index (κ3) is 14.7. The summed E-state index contributed by atoms with van der Waals surface area (Å²) < 4.78 is 25.5. The maximum Gasteiger partial charge on any atom is 0.329 e. The second-order valence-corrected chi connectivity index (χ2v) is 26.7. The van der Waals surface area contributed by atoms with Crippen molar-refractivity contribution in [2.45, 2.75) is 162 Å². The summed E-state index contributed by atoms with van der Waals surface area (Å²) in [5.74, 6) is 0.735. The van der Waals surface area contributed by atoms with E-state index in [9.17, 15) is 9.59 Å². The molecule has 0 radical (unpaired) electrons. The predicted molar refractivity (Wildman–Crippen MR) is 198 cm³/mol. The van der Waals surface area contributed by atoms with Gasteiger partial charge in [0, 0.05) is 36.0 Å². The zero-order valence-electron chi connectivity index (χ0n) is 31.5. The van der Waals surface area contributed by atoms with Crippen LogP contribution in [0.3, 0.4) is 0 Å². The van der Waals surface area contributed by atoms with Crippen molar-refractivity contribution in [3.63, 3.8) is 0 Å². The minimum absolute atomic E-state index is 0.0105. The van der Waals surface area contributed by atoms with Gasteiger partial charge in [0.15, 0.2) is 16.6 Å². The van der Waals surface area contributed by atoms with E-state index in [4.69, 9.17) is 23.4 Å². The number of carboxylic acids is 1. The van der Waals surface area contributed by atoms with E-state index in [1.54, 1.807) is 11.8 Å². The van der Waals surface area contributed by atoms with Gasteiger partial charge in [-0.05, 0) is 61.4 Å². The van der Waals surface area contributed by atoms with Crippen molar-refractivity contribution >= 4 is 40.3 Å². The number of unbranched alkanes of at least 4 members (excludes halogenated alkanes) is 1. The second kappa shape index (κ2) is 19.3. The summed E-state index contributed by atoms with van der Waals surface area (Å²) in [4.78, 5) is 24.7. The van der Waals surface area contributed by atoms with E-state index in [1.807, 2.05) is 6.92 Å².